The molecule has 1 N–H and O–H groups in total. The number of benzene rings is 2. The van der Waals surface area contributed by atoms with Crippen molar-refractivity contribution >= 4 is 22.9 Å². The van der Waals surface area contributed by atoms with Crippen molar-refractivity contribution < 1.29 is 13.9 Å². The molecule has 0 saturated heterocycles. The van der Waals surface area contributed by atoms with Crippen LogP contribution in [0.25, 0.3) is 16.4 Å². The van der Waals surface area contributed by atoms with Crippen LogP contribution in [0.15, 0.2) is 66.0 Å². The van der Waals surface area contributed by atoms with Crippen LogP contribution in [0.4, 0.5) is 10.1 Å². The Labute approximate surface area is 175 Å². The Morgan fingerprint density at radius 3 is 2.60 bits per heavy atom. The van der Waals surface area contributed by atoms with Crippen LogP contribution in [-0.4, -0.2) is 27.3 Å². The van der Waals surface area contributed by atoms with Crippen LogP contribution < -0.4 is 10.1 Å². The molecule has 2 heterocycles. The summed E-state index contributed by atoms with van der Waals surface area (Å²) in [5.41, 5.74) is 1.12. The van der Waals surface area contributed by atoms with Gasteiger partial charge in [-0.05, 0) is 60.0 Å². The number of hydrogen-bond acceptors (Lipinski definition) is 6. The quantitative estimate of drug-likeness (QED) is 0.503. The van der Waals surface area contributed by atoms with E-state index < -0.39 is 5.91 Å². The van der Waals surface area contributed by atoms with Gasteiger partial charge in [0.05, 0.1) is 10.6 Å². The van der Waals surface area contributed by atoms with Gasteiger partial charge in [-0.3, -0.25) is 4.79 Å². The summed E-state index contributed by atoms with van der Waals surface area (Å²) >= 11 is 1.46. The standard InChI is InChI=1S/C21H14FN5O2S/c22-14-3-7-16(8-4-14)27-20(18-2-1-13-30-18)25-19(26-27)21(28)24-15-5-9-17(10-6-15)29-12-11-23/h1-10,13H,12H2,(H,24,28). The Morgan fingerprint density at radius 1 is 1.17 bits per heavy atom. The first-order chi connectivity index (χ1) is 14.6. The zero-order valence-electron chi connectivity index (χ0n) is 15.4. The van der Waals surface area contributed by atoms with Crippen molar-refractivity contribution in [3.8, 4) is 28.2 Å². The maximum Gasteiger partial charge on any atom is 0.295 e. The van der Waals surface area contributed by atoms with Crippen molar-refractivity contribution in [3.63, 3.8) is 0 Å². The second-order valence-corrected chi connectivity index (χ2v) is 7.00. The van der Waals surface area contributed by atoms with Crippen LogP contribution in [0.2, 0.25) is 0 Å². The molecule has 0 bridgehead atoms. The van der Waals surface area contributed by atoms with Crippen LogP contribution in [0.3, 0.4) is 0 Å². The van der Waals surface area contributed by atoms with E-state index in [-0.39, 0.29) is 18.2 Å². The summed E-state index contributed by atoms with van der Waals surface area (Å²) in [6.45, 7) is -0.0536. The molecule has 0 unspecified atom stereocenters. The third-order valence-electron chi connectivity index (χ3n) is 4.04. The average Bonchev–Trinajstić information content (AvgIpc) is 3.44. The number of amides is 1. The zero-order chi connectivity index (χ0) is 20.9. The molecule has 2 aromatic heterocycles. The molecule has 0 saturated carbocycles. The average molecular weight is 419 g/mol. The molecule has 30 heavy (non-hydrogen) atoms. The van der Waals surface area contributed by atoms with Crippen LogP contribution in [-0.2, 0) is 0 Å². The van der Waals surface area contributed by atoms with E-state index >= 15 is 0 Å². The van der Waals surface area contributed by atoms with Crippen LogP contribution >= 0.6 is 11.3 Å². The second-order valence-electron chi connectivity index (χ2n) is 6.05. The highest BCUT2D eigenvalue weighted by Crippen LogP contribution is 2.26. The summed E-state index contributed by atoms with van der Waals surface area (Å²) in [7, 11) is 0. The van der Waals surface area contributed by atoms with Crippen molar-refractivity contribution in [2.45, 2.75) is 0 Å². The highest BCUT2D eigenvalue weighted by atomic mass is 32.1. The second kappa shape index (κ2) is 8.55. The lowest BCUT2D eigenvalue weighted by Crippen LogP contribution is -2.14. The molecule has 7 nitrogen and oxygen atoms in total. The third kappa shape index (κ3) is 4.19. The number of thiophene rings is 1. The predicted molar refractivity (Wildman–Crippen MR) is 110 cm³/mol. The van der Waals surface area contributed by atoms with Crippen molar-refractivity contribution in [1.29, 1.82) is 5.26 Å². The molecule has 0 spiro atoms. The SMILES string of the molecule is N#CCOc1ccc(NC(=O)c2nc(-c3cccs3)n(-c3ccc(F)cc3)n2)cc1. The monoisotopic (exact) mass is 419 g/mol. The Hall–Kier alpha value is -4.03. The Morgan fingerprint density at radius 2 is 1.93 bits per heavy atom. The van der Waals surface area contributed by atoms with Crippen LogP contribution in [0.1, 0.15) is 10.6 Å². The first-order valence-electron chi connectivity index (χ1n) is 8.82. The van der Waals surface area contributed by atoms with Gasteiger partial charge in [0, 0.05) is 5.69 Å². The minimum atomic E-state index is -0.487. The number of anilines is 1. The normalized spacial score (nSPS) is 10.4. The van der Waals surface area contributed by atoms with E-state index in [0.29, 0.717) is 22.9 Å². The maximum atomic E-state index is 13.3. The number of aromatic nitrogens is 3. The van der Waals surface area contributed by atoms with Gasteiger partial charge in [0.1, 0.15) is 17.6 Å². The lowest BCUT2D eigenvalue weighted by molar-refractivity contribution is 0.101. The number of carbonyl (C=O) groups excluding carboxylic acids is 1. The highest BCUT2D eigenvalue weighted by Gasteiger charge is 2.19. The first-order valence-corrected chi connectivity index (χ1v) is 9.70. The number of carbonyl (C=O) groups is 1. The van der Waals surface area contributed by atoms with E-state index in [9.17, 15) is 9.18 Å². The maximum absolute atomic E-state index is 13.3. The molecular weight excluding hydrogens is 405 g/mol. The number of nitriles is 1. The van der Waals surface area contributed by atoms with Crippen molar-refractivity contribution in [2.75, 3.05) is 11.9 Å². The molecule has 0 aliphatic heterocycles. The summed E-state index contributed by atoms with van der Waals surface area (Å²) in [5, 5.41) is 17.5. The molecule has 0 aliphatic rings. The lowest BCUT2D eigenvalue weighted by Gasteiger charge is -2.05. The van der Waals surface area contributed by atoms with Gasteiger partial charge in [-0.1, -0.05) is 6.07 Å². The topological polar surface area (TPSA) is 92.8 Å². The van der Waals surface area contributed by atoms with Gasteiger partial charge < -0.3 is 10.1 Å². The van der Waals surface area contributed by atoms with Crippen molar-refractivity contribution in [2.24, 2.45) is 0 Å². The van der Waals surface area contributed by atoms with E-state index in [0.717, 1.165) is 4.88 Å². The van der Waals surface area contributed by atoms with Crippen molar-refractivity contribution in [1.82, 2.24) is 14.8 Å². The van der Waals surface area contributed by atoms with Gasteiger partial charge in [-0.25, -0.2) is 14.1 Å². The predicted octanol–water partition coefficient (Wildman–Crippen LogP) is 4.29. The number of nitrogens with zero attached hydrogens (tertiary/aromatic N) is 4. The molecule has 0 fully saturated rings. The number of ether oxygens (including phenoxy) is 1. The van der Waals surface area contributed by atoms with E-state index in [1.807, 2.05) is 23.6 Å². The molecule has 0 atom stereocenters. The third-order valence-corrected chi connectivity index (χ3v) is 4.90. The minimum absolute atomic E-state index is 0.0208. The van der Waals surface area contributed by atoms with Crippen LogP contribution in [0.5, 0.6) is 5.75 Å². The van der Waals surface area contributed by atoms with Gasteiger partial charge in [-0.15, -0.1) is 16.4 Å². The van der Waals surface area contributed by atoms with Gasteiger partial charge in [0.25, 0.3) is 5.91 Å². The fraction of sp³-hybridized carbons (Fsp3) is 0.0476. The smallest absolute Gasteiger partial charge is 0.295 e. The Kier molecular flexibility index (Phi) is 5.50. The van der Waals surface area contributed by atoms with Gasteiger partial charge in [-0.2, -0.15) is 5.26 Å². The zero-order valence-corrected chi connectivity index (χ0v) is 16.3. The highest BCUT2D eigenvalue weighted by molar-refractivity contribution is 7.13. The van der Waals surface area contributed by atoms with Crippen molar-refractivity contribution in [3.05, 3.63) is 77.7 Å². The Bertz CT molecular complexity index is 1200. The molecule has 4 aromatic rings. The minimum Gasteiger partial charge on any atom is -0.479 e. The lowest BCUT2D eigenvalue weighted by atomic mass is 10.3. The molecule has 1 amide bonds. The van der Waals surface area contributed by atoms with E-state index in [4.69, 9.17) is 10.00 Å². The fourth-order valence-electron chi connectivity index (χ4n) is 2.67. The Balaban J connectivity index is 1.61. The van der Waals surface area contributed by atoms with Gasteiger partial charge in [0.15, 0.2) is 12.4 Å². The van der Waals surface area contributed by atoms with E-state index in [1.165, 1.54) is 28.2 Å². The molecular formula is C21H14FN5O2S. The summed E-state index contributed by atoms with van der Waals surface area (Å²) < 4.78 is 20.0. The van der Waals surface area contributed by atoms with E-state index in [2.05, 4.69) is 15.4 Å². The summed E-state index contributed by atoms with van der Waals surface area (Å²) in [4.78, 5) is 17.9. The largest absolute Gasteiger partial charge is 0.479 e. The summed E-state index contributed by atoms with van der Waals surface area (Å²) in [5.74, 6) is 0.138. The van der Waals surface area contributed by atoms with Gasteiger partial charge >= 0.3 is 0 Å². The molecule has 0 radical (unpaired) electrons. The molecule has 9 heteroatoms. The summed E-state index contributed by atoms with van der Waals surface area (Å²) in [6, 6.07) is 18.0. The van der Waals surface area contributed by atoms with E-state index in [1.54, 1.807) is 36.4 Å². The summed E-state index contributed by atoms with van der Waals surface area (Å²) in [6.07, 6.45) is 0. The van der Waals surface area contributed by atoms with Gasteiger partial charge in [0.2, 0.25) is 5.82 Å². The number of halogens is 1. The number of rotatable bonds is 6. The molecule has 148 valence electrons. The number of nitrogens with one attached hydrogen (secondary N) is 1. The molecule has 4 rings (SSSR count). The molecule has 0 aliphatic carbocycles. The fourth-order valence-corrected chi connectivity index (χ4v) is 3.37. The molecule has 2 aromatic carbocycles. The van der Waals surface area contributed by atoms with Crippen LogP contribution in [0, 0.1) is 17.1 Å². The first kappa shape index (κ1) is 19.3. The number of hydrogen-bond donors (Lipinski definition) is 1.